The van der Waals surface area contributed by atoms with Crippen LogP contribution in [-0.4, -0.2) is 67.6 Å². The normalized spacial score (nSPS) is 15.3. The van der Waals surface area contributed by atoms with Gasteiger partial charge in [0.25, 0.3) is 0 Å². The van der Waals surface area contributed by atoms with Gasteiger partial charge in [0.05, 0.1) is 19.6 Å². The van der Waals surface area contributed by atoms with Gasteiger partial charge in [-0.05, 0) is 56.0 Å². The lowest BCUT2D eigenvalue weighted by atomic mass is 9.98. The van der Waals surface area contributed by atoms with Gasteiger partial charge in [0.1, 0.15) is 5.75 Å². The highest BCUT2D eigenvalue weighted by Gasteiger charge is 2.29. The number of carbonyl (C=O) groups is 3. The van der Waals surface area contributed by atoms with E-state index in [9.17, 15) is 14.4 Å². The van der Waals surface area contributed by atoms with Crippen LogP contribution in [0.5, 0.6) is 5.75 Å². The Morgan fingerprint density at radius 3 is 2.49 bits per heavy atom. The molecule has 0 bridgehead atoms. The summed E-state index contributed by atoms with van der Waals surface area (Å²) in [6.07, 6.45) is 2.38. The number of piperidine rings is 1. The van der Waals surface area contributed by atoms with E-state index in [0.717, 1.165) is 18.4 Å². The number of amides is 3. The van der Waals surface area contributed by atoms with Crippen molar-refractivity contribution in [1.82, 2.24) is 9.80 Å². The quantitative estimate of drug-likeness (QED) is 0.519. The van der Waals surface area contributed by atoms with Crippen molar-refractivity contribution < 1.29 is 23.9 Å². The molecular formula is C27H35N3O5. The summed E-state index contributed by atoms with van der Waals surface area (Å²) in [4.78, 5) is 41.6. The summed E-state index contributed by atoms with van der Waals surface area (Å²) < 4.78 is 10.3. The monoisotopic (exact) mass is 481 g/mol. The topological polar surface area (TPSA) is 88.2 Å². The van der Waals surface area contributed by atoms with Crippen molar-refractivity contribution in [1.29, 1.82) is 0 Å². The SMILES string of the molecule is CCOC(=O)C1CCCN(C(=O)CCN(CCc2ccccc2)C(=O)Nc2ccc(OC)cc2)C1. The Balaban J connectivity index is 1.60. The van der Waals surface area contributed by atoms with Gasteiger partial charge >= 0.3 is 12.0 Å². The first-order valence-electron chi connectivity index (χ1n) is 12.2. The average molecular weight is 482 g/mol. The van der Waals surface area contributed by atoms with Crippen LogP contribution < -0.4 is 10.1 Å². The Bertz CT molecular complexity index is 965. The lowest BCUT2D eigenvalue weighted by Crippen LogP contribution is -2.44. The zero-order chi connectivity index (χ0) is 25.0. The van der Waals surface area contributed by atoms with E-state index in [1.165, 1.54) is 0 Å². The Labute approximate surface area is 207 Å². The minimum Gasteiger partial charge on any atom is -0.497 e. The lowest BCUT2D eigenvalue weighted by molar-refractivity contribution is -0.151. The summed E-state index contributed by atoms with van der Waals surface area (Å²) in [6.45, 7) is 3.88. The van der Waals surface area contributed by atoms with Crippen molar-refractivity contribution in [3.8, 4) is 5.75 Å². The van der Waals surface area contributed by atoms with Crippen molar-refractivity contribution in [2.45, 2.75) is 32.6 Å². The van der Waals surface area contributed by atoms with Crippen LogP contribution in [0.2, 0.25) is 0 Å². The summed E-state index contributed by atoms with van der Waals surface area (Å²) in [5.74, 6) is 0.131. The molecule has 8 nitrogen and oxygen atoms in total. The van der Waals surface area contributed by atoms with Crippen molar-refractivity contribution in [2.24, 2.45) is 5.92 Å². The molecule has 3 amide bonds. The van der Waals surface area contributed by atoms with Gasteiger partial charge in [-0.25, -0.2) is 4.79 Å². The van der Waals surface area contributed by atoms with Crippen LogP contribution in [0.1, 0.15) is 31.7 Å². The number of ether oxygens (including phenoxy) is 2. The molecule has 1 aliphatic rings. The van der Waals surface area contributed by atoms with E-state index >= 15 is 0 Å². The number of hydrogen-bond acceptors (Lipinski definition) is 5. The van der Waals surface area contributed by atoms with Crippen LogP contribution in [-0.2, 0) is 20.7 Å². The van der Waals surface area contributed by atoms with Crippen LogP contribution in [0.4, 0.5) is 10.5 Å². The van der Waals surface area contributed by atoms with E-state index in [1.54, 1.807) is 48.1 Å². The van der Waals surface area contributed by atoms with Crippen LogP contribution in [0, 0.1) is 5.92 Å². The maximum atomic E-state index is 13.1. The van der Waals surface area contributed by atoms with Gasteiger partial charge in [-0.1, -0.05) is 30.3 Å². The maximum absolute atomic E-state index is 13.1. The summed E-state index contributed by atoms with van der Waals surface area (Å²) in [7, 11) is 1.59. The van der Waals surface area contributed by atoms with Crippen LogP contribution in [0.25, 0.3) is 0 Å². The summed E-state index contributed by atoms with van der Waals surface area (Å²) in [6, 6.07) is 16.8. The number of methoxy groups -OCH3 is 1. The number of esters is 1. The Morgan fingerprint density at radius 2 is 1.80 bits per heavy atom. The molecule has 1 saturated heterocycles. The van der Waals surface area contributed by atoms with Gasteiger partial charge in [-0.15, -0.1) is 0 Å². The van der Waals surface area contributed by atoms with E-state index < -0.39 is 0 Å². The standard InChI is InChI=1S/C27H35N3O5/c1-3-35-26(32)22-10-7-17-30(20-22)25(31)16-19-29(18-15-21-8-5-4-6-9-21)27(33)28-23-11-13-24(34-2)14-12-23/h4-6,8-9,11-14,22H,3,7,10,15-20H2,1-2H3,(H,28,33). The third-order valence-electron chi connectivity index (χ3n) is 6.13. The van der Waals surface area contributed by atoms with E-state index in [0.29, 0.717) is 44.1 Å². The molecule has 1 heterocycles. The van der Waals surface area contributed by atoms with Gasteiger partial charge < -0.3 is 24.6 Å². The summed E-state index contributed by atoms with van der Waals surface area (Å²) in [5.41, 5.74) is 1.77. The Hall–Kier alpha value is -3.55. The smallest absolute Gasteiger partial charge is 0.321 e. The summed E-state index contributed by atoms with van der Waals surface area (Å²) in [5, 5.41) is 2.91. The van der Waals surface area contributed by atoms with Gasteiger partial charge in [0.2, 0.25) is 5.91 Å². The van der Waals surface area contributed by atoms with Gasteiger partial charge in [0, 0.05) is 38.3 Å². The number of hydrogen-bond donors (Lipinski definition) is 1. The van der Waals surface area contributed by atoms with E-state index in [4.69, 9.17) is 9.47 Å². The van der Waals surface area contributed by atoms with Crippen LogP contribution >= 0.6 is 0 Å². The number of benzene rings is 2. The van der Waals surface area contributed by atoms with Gasteiger partial charge in [0.15, 0.2) is 0 Å². The van der Waals surface area contributed by atoms with Gasteiger partial charge in [-0.3, -0.25) is 9.59 Å². The molecule has 0 radical (unpaired) electrons. The molecule has 0 aliphatic carbocycles. The number of nitrogens with zero attached hydrogens (tertiary/aromatic N) is 2. The fourth-order valence-corrected chi connectivity index (χ4v) is 4.15. The fraction of sp³-hybridized carbons (Fsp3) is 0.444. The molecular weight excluding hydrogens is 446 g/mol. The third-order valence-corrected chi connectivity index (χ3v) is 6.13. The second kappa shape index (κ2) is 13.4. The minimum absolute atomic E-state index is 0.0547. The number of rotatable bonds is 10. The highest BCUT2D eigenvalue weighted by Crippen LogP contribution is 2.19. The number of carbonyl (C=O) groups excluding carboxylic acids is 3. The molecule has 1 fully saturated rings. The predicted molar refractivity (Wildman–Crippen MR) is 134 cm³/mol. The summed E-state index contributed by atoms with van der Waals surface area (Å²) >= 11 is 0. The lowest BCUT2D eigenvalue weighted by Gasteiger charge is -2.32. The highest BCUT2D eigenvalue weighted by molar-refractivity contribution is 5.89. The van der Waals surface area contributed by atoms with Crippen LogP contribution in [0.15, 0.2) is 54.6 Å². The molecule has 3 rings (SSSR count). The first-order chi connectivity index (χ1) is 17.0. The zero-order valence-electron chi connectivity index (χ0n) is 20.6. The van der Waals surface area contributed by atoms with E-state index in [2.05, 4.69) is 5.32 Å². The number of urea groups is 1. The molecule has 2 aromatic carbocycles. The fourth-order valence-electron chi connectivity index (χ4n) is 4.15. The molecule has 1 aliphatic heterocycles. The highest BCUT2D eigenvalue weighted by atomic mass is 16.5. The molecule has 188 valence electrons. The molecule has 1 N–H and O–H groups in total. The number of likely N-dealkylation sites (tertiary alicyclic amines) is 1. The largest absolute Gasteiger partial charge is 0.497 e. The molecule has 2 aromatic rings. The molecule has 0 spiro atoms. The van der Waals surface area contributed by atoms with E-state index in [-0.39, 0.29) is 36.8 Å². The van der Waals surface area contributed by atoms with Crippen molar-refractivity contribution >= 4 is 23.6 Å². The Morgan fingerprint density at radius 1 is 1.06 bits per heavy atom. The predicted octanol–water partition coefficient (Wildman–Crippen LogP) is 3.96. The first-order valence-corrected chi connectivity index (χ1v) is 12.2. The second-order valence-electron chi connectivity index (χ2n) is 8.56. The average Bonchev–Trinajstić information content (AvgIpc) is 2.89. The maximum Gasteiger partial charge on any atom is 0.321 e. The van der Waals surface area contributed by atoms with E-state index in [1.807, 2.05) is 30.3 Å². The van der Waals surface area contributed by atoms with Crippen LogP contribution in [0.3, 0.4) is 0 Å². The van der Waals surface area contributed by atoms with Crippen molar-refractivity contribution in [2.75, 3.05) is 45.2 Å². The molecule has 1 unspecified atom stereocenters. The zero-order valence-corrected chi connectivity index (χ0v) is 20.6. The van der Waals surface area contributed by atoms with Crippen molar-refractivity contribution in [3.05, 3.63) is 60.2 Å². The number of nitrogens with one attached hydrogen (secondary N) is 1. The minimum atomic E-state index is -0.278. The number of anilines is 1. The third kappa shape index (κ3) is 8.02. The molecule has 1 atom stereocenters. The molecule has 0 aromatic heterocycles. The molecule has 0 saturated carbocycles. The molecule has 8 heteroatoms. The van der Waals surface area contributed by atoms with Gasteiger partial charge in [-0.2, -0.15) is 0 Å². The Kier molecular flexibility index (Phi) is 9.95. The second-order valence-corrected chi connectivity index (χ2v) is 8.56. The van der Waals surface area contributed by atoms with Crippen molar-refractivity contribution in [3.63, 3.8) is 0 Å². The molecule has 35 heavy (non-hydrogen) atoms. The first kappa shape index (κ1) is 26.1.